The molecule has 0 saturated heterocycles. The molecule has 2 rings (SSSR count). The molecule has 0 aliphatic carbocycles. The van der Waals surface area contributed by atoms with Crippen LogP contribution in [0.2, 0.25) is 0 Å². The van der Waals surface area contributed by atoms with Crippen LogP contribution in [0.25, 0.3) is 0 Å². The molecule has 1 aromatic heterocycles. The number of hydrogen-bond donors (Lipinski definition) is 1. The summed E-state index contributed by atoms with van der Waals surface area (Å²) in [7, 11) is 0. The molecule has 0 bridgehead atoms. The monoisotopic (exact) mass is 349 g/mol. The topological polar surface area (TPSA) is 80.0 Å². The molecule has 0 radical (unpaired) electrons. The van der Waals surface area contributed by atoms with Crippen molar-refractivity contribution in [2.45, 2.75) is 20.5 Å². The summed E-state index contributed by atoms with van der Waals surface area (Å²) in [6.45, 7) is 3.78. The molecule has 0 spiro atoms. The molecule has 0 aliphatic heterocycles. The van der Waals surface area contributed by atoms with Crippen molar-refractivity contribution in [1.82, 2.24) is 4.90 Å². The molecule has 0 saturated carbocycles. The second-order valence-corrected chi connectivity index (χ2v) is 5.98. The van der Waals surface area contributed by atoms with Gasteiger partial charge in [0.15, 0.2) is 5.76 Å². The first-order valence-corrected chi connectivity index (χ1v) is 7.83. The van der Waals surface area contributed by atoms with E-state index in [1.807, 2.05) is 13.8 Å². The number of rotatable bonds is 8. The van der Waals surface area contributed by atoms with Gasteiger partial charge >= 0.3 is 5.97 Å². The molecule has 7 heteroatoms. The molecule has 0 aliphatic rings. The molecule has 0 atom stereocenters. The zero-order valence-corrected chi connectivity index (χ0v) is 14.1. The summed E-state index contributed by atoms with van der Waals surface area (Å²) in [5.74, 6) is -0.865. The van der Waals surface area contributed by atoms with Gasteiger partial charge in [-0.15, -0.1) is 0 Å². The van der Waals surface area contributed by atoms with Crippen molar-refractivity contribution >= 4 is 11.9 Å². The zero-order chi connectivity index (χ0) is 18.4. The molecular weight excluding hydrogens is 329 g/mol. The number of amides is 1. The predicted molar refractivity (Wildman–Crippen MR) is 87.8 cm³/mol. The standard InChI is InChI=1S/C18H20FNO5/c1-12(2)9-20(10-17(21)22)18(23)16-8-7-15(25-16)11-24-14-5-3-13(19)4-6-14/h3-8,12H,9-11H2,1-2H3,(H,21,22). The quantitative estimate of drug-likeness (QED) is 0.792. The molecule has 1 heterocycles. The van der Waals surface area contributed by atoms with Gasteiger partial charge < -0.3 is 19.2 Å². The number of nitrogens with zero attached hydrogens (tertiary/aromatic N) is 1. The van der Waals surface area contributed by atoms with Crippen LogP contribution in [-0.4, -0.2) is 35.0 Å². The van der Waals surface area contributed by atoms with Crippen LogP contribution in [0.4, 0.5) is 4.39 Å². The van der Waals surface area contributed by atoms with Crippen LogP contribution in [0.5, 0.6) is 5.75 Å². The minimum atomic E-state index is -1.08. The number of carbonyl (C=O) groups excluding carboxylic acids is 1. The van der Waals surface area contributed by atoms with Crippen molar-refractivity contribution in [1.29, 1.82) is 0 Å². The highest BCUT2D eigenvalue weighted by molar-refractivity contribution is 5.93. The van der Waals surface area contributed by atoms with Crippen molar-refractivity contribution in [3.63, 3.8) is 0 Å². The van der Waals surface area contributed by atoms with Gasteiger partial charge in [0.25, 0.3) is 5.91 Å². The second kappa shape index (κ2) is 8.32. The van der Waals surface area contributed by atoms with Crippen LogP contribution in [0.1, 0.15) is 30.2 Å². The van der Waals surface area contributed by atoms with Gasteiger partial charge in [-0.25, -0.2) is 4.39 Å². The Morgan fingerprint density at radius 1 is 1.20 bits per heavy atom. The largest absolute Gasteiger partial charge is 0.486 e. The number of carbonyl (C=O) groups is 2. The average Bonchev–Trinajstić information content (AvgIpc) is 3.01. The minimum Gasteiger partial charge on any atom is -0.486 e. The second-order valence-electron chi connectivity index (χ2n) is 5.98. The fraction of sp³-hybridized carbons (Fsp3) is 0.333. The van der Waals surface area contributed by atoms with Crippen LogP contribution in [0, 0.1) is 11.7 Å². The lowest BCUT2D eigenvalue weighted by Crippen LogP contribution is -2.38. The molecule has 1 amide bonds. The third-order valence-corrected chi connectivity index (χ3v) is 3.27. The number of furan rings is 1. The first-order valence-electron chi connectivity index (χ1n) is 7.83. The lowest BCUT2D eigenvalue weighted by atomic mass is 10.2. The van der Waals surface area contributed by atoms with E-state index in [0.717, 1.165) is 0 Å². The zero-order valence-electron chi connectivity index (χ0n) is 14.1. The van der Waals surface area contributed by atoms with Gasteiger partial charge in [-0.05, 0) is 42.3 Å². The first-order chi connectivity index (χ1) is 11.8. The normalized spacial score (nSPS) is 10.7. The summed E-state index contributed by atoms with van der Waals surface area (Å²) in [5.41, 5.74) is 0. The molecule has 0 fully saturated rings. The molecule has 1 aromatic carbocycles. The van der Waals surface area contributed by atoms with Crippen molar-refractivity contribution < 1.29 is 28.2 Å². The molecule has 1 N–H and O–H groups in total. The van der Waals surface area contributed by atoms with Crippen LogP contribution in [0.3, 0.4) is 0 Å². The molecule has 2 aromatic rings. The highest BCUT2D eigenvalue weighted by Crippen LogP contribution is 2.16. The lowest BCUT2D eigenvalue weighted by Gasteiger charge is -2.21. The number of benzene rings is 1. The van der Waals surface area contributed by atoms with E-state index in [9.17, 15) is 14.0 Å². The average molecular weight is 349 g/mol. The number of hydrogen-bond acceptors (Lipinski definition) is 4. The number of carboxylic acid groups (broad SMARTS) is 1. The van der Waals surface area contributed by atoms with Crippen molar-refractivity contribution in [3.05, 3.63) is 53.7 Å². The number of carboxylic acids is 1. The number of ether oxygens (including phenoxy) is 1. The predicted octanol–water partition coefficient (Wildman–Crippen LogP) is 3.18. The Morgan fingerprint density at radius 2 is 1.88 bits per heavy atom. The lowest BCUT2D eigenvalue weighted by molar-refractivity contribution is -0.137. The maximum Gasteiger partial charge on any atom is 0.323 e. The first kappa shape index (κ1) is 18.5. The Morgan fingerprint density at radius 3 is 2.48 bits per heavy atom. The molecule has 134 valence electrons. The summed E-state index contributed by atoms with van der Waals surface area (Å²) in [5, 5.41) is 8.96. The fourth-order valence-electron chi connectivity index (χ4n) is 2.23. The van der Waals surface area contributed by atoms with Gasteiger partial charge in [0.1, 0.15) is 30.5 Å². The summed E-state index contributed by atoms with van der Waals surface area (Å²) in [4.78, 5) is 24.6. The summed E-state index contributed by atoms with van der Waals surface area (Å²) < 4.78 is 23.7. The van der Waals surface area contributed by atoms with Gasteiger partial charge in [-0.1, -0.05) is 13.8 Å². The van der Waals surface area contributed by atoms with Crippen LogP contribution in [-0.2, 0) is 11.4 Å². The Kier molecular flexibility index (Phi) is 6.16. The van der Waals surface area contributed by atoms with E-state index in [0.29, 0.717) is 18.1 Å². The van der Waals surface area contributed by atoms with E-state index in [2.05, 4.69) is 0 Å². The summed E-state index contributed by atoms with van der Waals surface area (Å²) in [6.07, 6.45) is 0. The Bertz CT molecular complexity index is 723. The Balaban J connectivity index is 2.01. The molecule has 25 heavy (non-hydrogen) atoms. The maximum atomic E-state index is 12.8. The van der Waals surface area contributed by atoms with E-state index in [1.54, 1.807) is 6.07 Å². The van der Waals surface area contributed by atoms with Crippen molar-refractivity contribution in [2.75, 3.05) is 13.1 Å². The minimum absolute atomic E-state index is 0.0552. The fourth-order valence-corrected chi connectivity index (χ4v) is 2.23. The van der Waals surface area contributed by atoms with Gasteiger partial charge in [-0.2, -0.15) is 0 Å². The Hall–Kier alpha value is -2.83. The number of aliphatic carboxylic acids is 1. The Labute approximate surface area is 144 Å². The SMILES string of the molecule is CC(C)CN(CC(=O)O)C(=O)c1ccc(COc2ccc(F)cc2)o1. The third kappa shape index (κ3) is 5.63. The van der Waals surface area contributed by atoms with Gasteiger partial charge in [-0.3, -0.25) is 9.59 Å². The van der Waals surface area contributed by atoms with Crippen LogP contribution in [0.15, 0.2) is 40.8 Å². The van der Waals surface area contributed by atoms with E-state index in [-0.39, 0.29) is 30.6 Å². The van der Waals surface area contributed by atoms with Crippen molar-refractivity contribution in [2.24, 2.45) is 5.92 Å². The highest BCUT2D eigenvalue weighted by Gasteiger charge is 2.22. The molecular formula is C18H20FNO5. The summed E-state index contributed by atoms with van der Waals surface area (Å²) in [6, 6.07) is 8.61. The molecule has 6 nitrogen and oxygen atoms in total. The maximum absolute atomic E-state index is 12.8. The van der Waals surface area contributed by atoms with Gasteiger partial charge in [0.05, 0.1) is 0 Å². The third-order valence-electron chi connectivity index (χ3n) is 3.27. The highest BCUT2D eigenvalue weighted by atomic mass is 19.1. The van der Waals surface area contributed by atoms with E-state index >= 15 is 0 Å². The van der Waals surface area contributed by atoms with Gasteiger partial charge in [0.2, 0.25) is 0 Å². The number of halogens is 1. The smallest absolute Gasteiger partial charge is 0.323 e. The van der Waals surface area contributed by atoms with E-state index in [1.165, 1.54) is 35.2 Å². The van der Waals surface area contributed by atoms with Crippen LogP contribution < -0.4 is 4.74 Å². The van der Waals surface area contributed by atoms with Crippen LogP contribution >= 0.6 is 0 Å². The van der Waals surface area contributed by atoms with E-state index < -0.39 is 11.9 Å². The summed E-state index contributed by atoms with van der Waals surface area (Å²) >= 11 is 0. The molecule has 0 unspecified atom stereocenters. The van der Waals surface area contributed by atoms with Crippen molar-refractivity contribution in [3.8, 4) is 5.75 Å². The van der Waals surface area contributed by atoms with Gasteiger partial charge in [0, 0.05) is 6.54 Å². The van der Waals surface area contributed by atoms with E-state index in [4.69, 9.17) is 14.3 Å².